The second-order valence-electron chi connectivity index (χ2n) is 14.1. The quantitative estimate of drug-likeness (QED) is 0.0532. The van der Waals surface area contributed by atoms with Crippen molar-refractivity contribution in [3.05, 3.63) is 0 Å². The minimum Gasteiger partial charge on any atom is -0.465 e. The Bertz CT molecular complexity index is 712. The second kappa shape index (κ2) is 35.7. The molecule has 0 radical (unpaired) electrons. The molecule has 0 saturated carbocycles. The van der Waals surface area contributed by atoms with Crippen molar-refractivity contribution in [1.82, 2.24) is 5.32 Å². The summed E-state index contributed by atoms with van der Waals surface area (Å²) < 4.78 is 11.2. The third-order valence-corrected chi connectivity index (χ3v) is 9.53. The standard InChI is InChI=1S/C41H79NO5/c1-5-9-12-15-18-20-22-24-27-30-35-46-41(45)38(42-39(43)32-29-26-23-21-19-16-13-10-6-2)33-34-40(44)47-36-37(8-4)31-28-25-17-14-11-7-3/h37-38H,5-36H2,1-4H3,(H,42,43)/t37?,38-/m0/s1. The summed E-state index contributed by atoms with van der Waals surface area (Å²) in [5.74, 6) is -0.481. The van der Waals surface area contributed by atoms with E-state index in [9.17, 15) is 14.4 Å². The summed E-state index contributed by atoms with van der Waals surface area (Å²) in [7, 11) is 0. The molecular formula is C41H79NO5. The van der Waals surface area contributed by atoms with E-state index in [0.29, 0.717) is 25.6 Å². The molecule has 0 aliphatic heterocycles. The Morgan fingerprint density at radius 1 is 0.489 bits per heavy atom. The summed E-state index contributed by atoms with van der Waals surface area (Å²) in [4.78, 5) is 38.4. The fourth-order valence-electron chi connectivity index (χ4n) is 6.14. The van der Waals surface area contributed by atoms with E-state index in [1.54, 1.807) is 0 Å². The van der Waals surface area contributed by atoms with Crippen LogP contribution in [0.4, 0.5) is 0 Å². The number of carbonyl (C=O) groups is 3. The highest BCUT2D eigenvalue weighted by atomic mass is 16.5. The van der Waals surface area contributed by atoms with Crippen molar-refractivity contribution in [2.24, 2.45) is 5.92 Å². The molecule has 0 saturated heterocycles. The number of amides is 1. The SMILES string of the molecule is CCCCCCCCCCCCOC(=O)[C@H](CCC(=O)OCC(CC)CCCCCCCC)NC(=O)CCCCCCCCCCC. The summed E-state index contributed by atoms with van der Waals surface area (Å²) in [5, 5.41) is 2.89. The molecule has 0 aromatic rings. The first kappa shape index (κ1) is 45.4. The minimum absolute atomic E-state index is 0.101. The summed E-state index contributed by atoms with van der Waals surface area (Å²) in [6.45, 7) is 9.67. The molecule has 0 fully saturated rings. The van der Waals surface area contributed by atoms with Crippen molar-refractivity contribution < 1.29 is 23.9 Å². The van der Waals surface area contributed by atoms with Gasteiger partial charge in [-0.15, -0.1) is 0 Å². The molecule has 0 aromatic heterocycles. The Morgan fingerprint density at radius 3 is 1.43 bits per heavy atom. The number of nitrogens with one attached hydrogen (secondary N) is 1. The molecule has 2 atom stereocenters. The second-order valence-corrected chi connectivity index (χ2v) is 14.1. The maximum Gasteiger partial charge on any atom is 0.328 e. The molecule has 1 N–H and O–H groups in total. The average molecular weight is 666 g/mol. The van der Waals surface area contributed by atoms with E-state index < -0.39 is 12.0 Å². The molecule has 0 aliphatic carbocycles. The van der Waals surface area contributed by atoms with E-state index in [1.165, 1.54) is 122 Å². The Kier molecular flexibility index (Phi) is 34.5. The van der Waals surface area contributed by atoms with Crippen LogP contribution in [0.3, 0.4) is 0 Å². The van der Waals surface area contributed by atoms with E-state index in [4.69, 9.17) is 9.47 Å². The minimum atomic E-state index is -0.804. The van der Waals surface area contributed by atoms with Crippen LogP contribution in [-0.4, -0.2) is 37.1 Å². The van der Waals surface area contributed by atoms with Crippen molar-refractivity contribution in [3.8, 4) is 0 Å². The van der Waals surface area contributed by atoms with Crippen molar-refractivity contribution in [1.29, 1.82) is 0 Å². The van der Waals surface area contributed by atoms with Crippen LogP contribution < -0.4 is 5.32 Å². The topological polar surface area (TPSA) is 81.7 Å². The number of unbranched alkanes of at least 4 members (excludes halogenated alkanes) is 22. The Morgan fingerprint density at radius 2 is 0.936 bits per heavy atom. The molecule has 0 aromatic carbocycles. The fraction of sp³-hybridized carbons (Fsp3) is 0.927. The third kappa shape index (κ3) is 31.4. The molecule has 47 heavy (non-hydrogen) atoms. The van der Waals surface area contributed by atoms with Crippen molar-refractivity contribution in [2.75, 3.05) is 13.2 Å². The van der Waals surface area contributed by atoms with Gasteiger partial charge >= 0.3 is 11.9 Å². The molecule has 0 spiro atoms. The number of rotatable bonds is 36. The van der Waals surface area contributed by atoms with E-state index in [2.05, 4.69) is 33.0 Å². The summed E-state index contributed by atoms with van der Waals surface area (Å²) >= 11 is 0. The van der Waals surface area contributed by atoms with Gasteiger partial charge in [0, 0.05) is 12.8 Å². The van der Waals surface area contributed by atoms with Crippen molar-refractivity contribution in [3.63, 3.8) is 0 Å². The molecule has 0 bridgehead atoms. The number of ether oxygens (including phenoxy) is 2. The van der Waals surface area contributed by atoms with Crippen molar-refractivity contribution >= 4 is 17.8 Å². The van der Waals surface area contributed by atoms with Gasteiger partial charge in [0.15, 0.2) is 0 Å². The summed E-state index contributed by atoms with van der Waals surface area (Å²) in [6.07, 6.45) is 33.2. The molecule has 6 heteroatoms. The Labute approximate surface area is 292 Å². The first-order valence-electron chi connectivity index (χ1n) is 20.6. The highest BCUT2D eigenvalue weighted by Gasteiger charge is 2.24. The fourth-order valence-corrected chi connectivity index (χ4v) is 6.14. The van der Waals surface area contributed by atoms with Crippen LogP contribution in [0, 0.1) is 5.92 Å². The van der Waals surface area contributed by atoms with Crippen LogP contribution in [0.15, 0.2) is 0 Å². The zero-order chi connectivity index (χ0) is 34.6. The smallest absolute Gasteiger partial charge is 0.328 e. The van der Waals surface area contributed by atoms with Gasteiger partial charge in [-0.2, -0.15) is 0 Å². The number of esters is 2. The van der Waals surface area contributed by atoms with Crippen LogP contribution in [0.25, 0.3) is 0 Å². The molecule has 1 unspecified atom stereocenters. The van der Waals surface area contributed by atoms with Crippen LogP contribution in [-0.2, 0) is 23.9 Å². The highest BCUT2D eigenvalue weighted by molar-refractivity contribution is 5.85. The van der Waals surface area contributed by atoms with E-state index in [1.807, 2.05) is 0 Å². The normalized spacial score (nSPS) is 12.5. The van der Waals surface area contributed by atoms with E-state index in [-0.39, 0.29) is 24.7 Å². The van der Waals surface area contributed by atoms with Crippen molar-refractivity contribution in [2.45, 2.75) is 226 Å². The zero-order valence-corrected chi connectivity index (χ0v) is 31.8. The third-order valence-electron chi connectivity index (χ3n) is 9.53. The summed E-state index contributed by atoms with van der Waals surface area (Å²) in [5.41, 5.74) is 0. The molecule has 0 rings (SSSR count). The molecular weight excluding hydrogens is 586 g/mol. The lowest BCUT2D eigenvalue weighted by Crippen LogP contribution is -2.42. The lowest BCUT2D eigenvalue weighted by atomic mass is 9.98. The average Bonchev–Trinajstić information content (AvgIpc) is 3.07. The van der Waals surface area contributed by atoms with Gasteiger partial charge in [-0.3, -0.25) is 9.59 Å². The monoisotopic (exact) mass is 666 g/mol. The number of hydrogen-bond donors (Lipinski definition) is 1. The van der Waals surface area contributed by atoms with Crippen LogP contribution in [0.5, 0.6) is 0 Å². The van der Waals surface area contributed by atoms with Gasteiger partial charge in [0.05, 0.1) is 13.2 Å². The molecule has 1 amide bonds. The van der Waals surface area contributed by atoms with Gasteiger partial charge in [0.1, 0.15) is 6.04 Å². The van der Waals surface area contributed by atoms with Crippen LogP contribution in [0.1, 0.15) is 220 Å². The Balaban J connectivity index is 4.56. The first-order valence-corrected chi connectivity index (χ1v) is 20.6. The molecule has 0 heterocycles. The van der Waals surface area contributed by atoms with Gasteiger partial charge in [0.2, 0.25) is 5.91 Å². The van der Waals surface area contributed by atoms with Crippen LogP contribution in [0.2, 0.25) is 0 Å². The lowest BCUT2D eigenvalue weighted by molar-refractivity contribution is -0.149. The maximum absolute atomic E-state index is 13.0. The zero-order valence-electron chi connectivity index (χ0n) is 31.8. The molecule has 0 aliphatic rings. The number of hydrogen-bond acceptors (Lipinski definition) is 5. The van der Waals surface area contributed by atoms with Gasteiger partial charge in [-0.25, -0.2) is 4.79 Å². The predicted octanol–water partition coefficient (Wildman–Crippen LogP) is 12.0. The largest absolute Gasteiger partial charge is 0.465 e. The summed E-state index contributed by atoms with van der Waals surface area (Å²) in [6, 6.07) is -0.804. The van der Waals surface area contributed by atoms with Crippen LogP contribution >= 0.6 is 0 Å². The molecule has 6 nitrogen and oxygen atoms in total. The Hall–Kier alpha value is -1.59. The van der Waals surface area contributed by atoms with E-state index in [0.717, 1.165) is 51.4 Å². The van der Waals surface area contributed by atoms with E-state index >= 15 is 0 Å². The van der Waals surface area contributed by atoms with Gasteiger partial charge in [-0.05, 0) is 31.6 Å². The predicted molar refractivity (Wildman–Crippen MR) is 199 cm³/mol. The maximum atomic E-state index is 13.0. The first-order chi connectivity index (χ1) is 23.0. The van der Waals surface area contributed by atoms with Gasteiger partial charge in [0.25, 0.3) is 0 Å². The van der Waals surface area contributed by atoms with Gasteiger partial charge < -0.3 is 14.8 Å². The molecule has 278 valence electrons. The highest BCUT2D eigenvalue weighted by Crippen LogP contribution is 2.17. The number of carbonyl (C=O) groups excluding carboxylic acids is 3. The lowest BCUT2D eigenvalue weighted by Gasteiger charge is -2.18. The van der Waals surface area contributed by atoms with Gasteiger partial charge in [-0.1, -0.05) is 182 Å².